The number of carboxylic acids is 1. The van der Waals surface area contributed by atoms with Gasteiger partial charge < -0.3 is 10.4 Å². The van der Waals surface area contributed by atoms with Gasteiger partial charge in [-0.25, -0.2) is 0 Å². The summed E-state index contributed by atoms with van der Waals surface area (Å²) in [7, 11) is 0. The molecule has 1 aromatic carbocycles. The fourth-order valence-corrected chi connectivity index (χ4v) is 3.41. The second-order valence-corrected chi connectivity index (χ2v) is 6.11. The van der Waals surface area contributed by atoms with E-state index in [-0.39, 0.29) is 5.78 Å². The number of carbonyl (C=O) groups is 2. The molecule has 0 bridgehead atoms. The van der Waals surface area contributed by atoms with Crippen LogP contribution < -0.4 is 5.32 Å². The van der Waals surface area contributed by atoms with E-state index < -0.39 is 12.0 Å². The molecule has 0 saturated carbocycles. The van der Waals surface area contributed by atoms with Gasteiger partial charge in [0.25, 0.3) is 0 Å². The van der Waals surface area contributed by atoms with E-state index in [0.717, 1.165) is 43.6 Å². The average Bonchev–Trinajstić information content (AvgIpc) is 3.01. The summed E-state index contributed by atoms with van der Waals surface area (Å²) in [6, 6.07) is 5.43. The molecule has 0 radical (unpaired) electrons. The molecule has 2 aliphatic rings. The van der Waals surface area contributed by atoms with E-state index in [1.165, 1.54) is 5.56 Å². The number of nitrogens with one attached hydrogen (secondary N) is 1. The van der Waals surface area contributed by atoms with Crippen molar-refractivity contribution in [3.8, 4) is 0 Å². The molecule has 0 aromatic heterocycles. The second kappa shape index (κ2) is 6.48. The summed E-state index contributed by atoms with van der Waals surface area (Å²) in [6.45, 7) is 2.30. The number of hydrogen-bond acceptors (Lipinski definition) is 4. The highest BCUT2D eigenvalue weighted by Crippen LogP contribution is 2.24. The normalized spacial score (nSPS) is 21.2. The van der Waals surface area contributed by atoms with Crippen LogP contribution in [0.5, 0.6) is 0 Å². The molecule has 2 heterocycles. The molecule has 0 aliphatic carbocycles. The molecule has 0 amide bonds. The number of fused-ring (bicyclic) bond motifs is 1. The molecule has 5 heteroatoms. The maximum Gasteiger partial charge on any atom is 0.320 e. The standard InChI is InChI=1S/C17H22N2O3/c20-16(7-10-19-9-2-4-15(19)17(21)22)13-5-6-14-12(11-13)3-1-8-18-14/h5-6,11,15,18H,1-4,7-10H2,(H,21,22). The Morgan fingerprint density at radius 2 is 2.18 bits per heavy atom. The Hall–Kier alpha value is -1.88. The molecular weight excluding hydrogens is 280 g/mol. The predicted octanol–water partition coefficient (Wildman–Crippen LogP) is 2.17. The number of anilines is 1. The lowest BCUT2D eigenvalue weighted by atomic mass is 9.98. The van der Waals surface area contributed by atoms with Crippen LogP contribution in [0.3, 0.4) is 0 Å². The van der Waals surface area contributed by atoms with Crippen LogP contribution in [0.15, 0.2) is 18.2 Å². The molecule has 2 aliphatic heterocycles. The van der Waals surface area contributed by atoms with Crippen molar-refractivity contribution in [3.63, 3.8) is 0 Å². The Kier molecular flexibility index (Phi) is 4.43. The van der Waals surface area contributed by atoms with Crippen LogP contribution in [0.25, 0.3) is 0 Å². The molecule has 5 nitrogen and oxygen atoms in total. The van der Waals surface area contributed by atoms with Crippen molar-refractivity contribution in [2.75, 3.05) is 25.0 Å². The topological polar surface area (TPSA) is 69.6 Å². The van der Waals surface area contributed by atoms with Crippen molar-refractivity contribution in [1.29, 1.82) is 0 Å². The zero-order valence-electron chi connectivity index (χ0n) is 12.7. The maximum atomic E-state index is 12.4. The number of carboxylic acid groups (broad SMARTS) is 1. The van der Waals surface area contributed by atoms with E-state index in [0.29, 0.717) is 19.4 Å². The minimum atomic E-state index is -0.773. The molecule has 0 spiro atoms. The number of aliphatic carboxylic acids is 1. The zero-order valence-corrected chi connectivity index (χ0v) is 12.7. The van der Waals surface area contributed by atoms with Gasteiger partial charge in [0.1, 0.15) is 6.04 Å². The molecule has 2 N–H and O–H groups in total. The quantitative estimate of drug-likeness (QED) is 0.816. The fraction of sp³-hybridized carbons (Fsp3) is 0.529. The van der Waals surface area contributed by atoms with Gasteiger partial charge in [0, 0.05) is 30.8 Å². The van der Waals surface area contributed by atoms with Gasteiger partial charge in [0.2, 0.25) is 0 Å². The Labute approximate surface area is 130 Å². The minimum Gasteiger partial charge on any atom is -0.480 e. The van der Waals surface area contributed by atoms with Crippen molar-refractivity contribution in [3.05, 3.63) is 29.3 Å². The third-order valence-corrected chi connectivity index (χ3v) is 4.64. The Morgan fingerprint density at radius 1 is 1.32 bits per heavy atom. The third-order valence-electron chi connectivity index (χ3n) is 4.64. The summed E-state index contributed by atoms with van der Waals surface area (Å²) in [4.78, 5) is 25.4. The first-order valence-corrected chi connectivity index (χ1v) is 8.02. The molecule has 1 aromatic rings. The number of rotatable bonds is 5. The van der Waals surface area contributed by atoms with Crippen LogP contribution in [0.1, 0.15) is 41.6 Å². The number of ketones is 1. The van der Waals surface area contributed by atoms with Gasteiger partial charge >= 0.3 is 5.97 Å². The van der Waals surface area contributed by atoms with Crippen LogP contribution >= 0.6 is 0 Å². The maximum absolute atomic E-state index is 12.4. The van der Waals surface area contributed by atoms with Crippen molar-refractivity contribution < 1.29 is 14.7 Å². The van der Waals surface area contributed by atoms with Crippen LogP contribution in [0.2, 0.25) is 0 Å². The summed E-state index contributed by atoms with van der Waals surface area (Å²) in [5.41, 5.74) is 3.09. The fourth-order valence-electron chi connectivity index (χ4n) is 3.41. The van der Waals surface area contributed by atoms with E-state index in [4.69, 9.17) is 5.11 Å². The number of carbonyl (C=O) groups excluding carboxylic acids is 1. The first-order chi connectivity index (χ1) is 10.6. The Morgan fingerprint density at radius 3 is 3.00 bits per heavy atom. The molecule has 1 saturated heterocycles. The summed E-state index contributed by atoms with van der Waals surface area (Å²) >= 11 is 0. The summed E-state index contributed by atoms with van der Waals surface area (Å²) in [6.07, 6.45) is 4.08. The van der Waals surface area contributed by atoms with Crippen LogP contribution in [0, 0.1) is 0 Å². The number of hydrogen-bond donors (Lipinski definition) is 2. The number of likely N-dealkylation sites (tertiary alicyclic amines) is 1. The molecule has 1 fully saturated rings. The van der Waals surface area contributed by atoms with Gasteiger partial charge in [0.15, 0.2) is 5.78 Å². The summed E-state index contributed by atoms with van der Waals surface area (Å²) in [5.74, 6) is -0.672. The van der Waals surface area contributed by atoms with Crippen LogP contribution in [-0.4, -0.2) is 47.4 Å². The molecular formula is C17H22N2O3. The lowest BCUT2D eigenvalue weighted by molar-refractivity contribution is -0.142. The van der Waals surface area contributed by atoms with Crippen LogP contribution in [0.4, 0.5) is 5.69 Å². The van der Waals surface area contributed by atoms with E-state index in [1.54, 1.807) is 0 Å². The zero-order chi connectivity index (χ0) is 15.5. The van der Waals surface area contributed by atoms with Gasteiger partial charge in [-0.15, -0.1) is 0 Å². The van der Waals surface area contributed by atoms with Gasteiger partial charge in [-0.2, -0.15) is 0 Å². The lowest BCUT2D eigenvalue weighted by Gasteiger charge is -2.21. The first-order valence-electron chi connectivity index (χ1n) is 8.02. The SMILES string of the molecule is O=C(CCN1CCCC1C(=O)O)c1ccc2c(c1)CCCN2. The second-order valence-electron chi connectivity index (χ2n) is 6.11. The highest BCUT2D eigenvalue weighted by molar-refractivity contribution is 5.97. The Balaban J connectivity index is 1.61. The van der Waals surface area contributed by atoms with Crippen molar-refractivity contribution in [2.24, 2.45) is 0 Å². The number of aryl methyl sites for hydroxylation is 1. The summed E-state index contributed by atoms with van der Waals surface area (Å²) in [5, 5.41) is 12.5. The number of benzene rings is 1. The van der Waals surface area contributed by atoms with Crippen molar-refractivity contribution in [1.82, 2.24) is 4.90 Å². The molecule has 1 atom stereocenters. The van der Waals surface area contributed by atoms with Gasteiger partial charge in [-0.05, 0) is 56.0 Å². The Bertz CT molecular complexity index is 585. The molecule has 118 valence electrons. The highest BCUT2D eigenvalue weighted by Gasteiger charge is 2.30. The van der Waals surface area contributed by atoms with Gasteiger partial charge in [0.05, 0.1) is 0 Å². The summed E-state index contributed by atoms with van der Waals surface area (Å²) < 4.78 is 0. The van der Waals surface area contributed by atoms with E-state index >= 15 is 0 Å². The number of Topliss-reactive ketones (excluding diaryl/α,β-unsaturated/α-hetero) is 1. The first kappa shape index (κ1) is 15.0. The lowest BCUT2D eigenvalue weighted by Crippen LogP contribution is -2.37. The van der Waals surface area contributed by atoms with Crippen molar-refractivity contribution in [2.45, 2.75) is 38.1 Å². The van der Waals surface area contributed by atoms with E-state index in [1.807, 2.05) is 23.1 Å². The molecule has 22 heavy (non-hydrogen) atoms. The average molecular weight is 302 g/mol. The largest absolute Gasteiger partial charge is 0.480 e. The third kappa shape index (κ3) is 3.14. The van der Waals surface area contributed by atoms with Gasteiger partial charge in [-0.1, -0.05) is 0 Å². The minimum absolute atomic E-state index is 0.101. The van der Waals surface area contributed by atoms with E-state index in [9.17, 15) is 9.59 Å². The van der Waals surface area contributed by atoms with Crippen molar-refractivity contribution >= 4 is 17.4 Å². The monoisotopic (exact) mass is 302 g/mol. The number of nitrogens with zero attached hydrogens (tertiary/aromatic N) is 1. The van der Waals surface area contributed by atoms with Crippen LogP contribution in [-0.2, 0) is 11.2 Å². The smallest absolute Gasteiger partial charge is 0.320 e. The van der Waals surface area contributed by atoms with Gasteiger partial charge in [-0.3, -0.25) is 14.5 Å². The predicted molar refractivity (Wildman–Crippen MR) is 84.4 cm³/mol. The molecule has 3 rings (SSSR count). The van der Waals surface area contributed by atoms with E-state index in [2.05, 4.69) is 5.32 Å². The highest BCUT2D eigenvalue weighted by atomic mass is 16.4. The molecule has 1 unspecified atom stereocenters.